The highest BCUT2D eigenvalue weighted by molar-refractivity contribution is 6.08. The van der Waals surface area contributed by atoms with E-state index in [4.69, 9.17) is 20.2 Å². The average Bonchev–Trinajstić information content (AvgIpc) is 3.55. The summed E-state index contributed by atoms with van der Waals surface area (Å²) in [5.74, 6) is 0.235. The molecule has 5 rings (SSSR count). The zero-order valence-corrected chi connectivity index (χ0v) is 22.3. The van der Waals surface area contributed by atoms with Gasteiger partial charge in [-0.1, -0.05) is 6.07 Å². The fourth-order valence-electron chi connectivity index (χ4n) is 5.16. The van der Waals surface area contributed by atoms with E-state index in [0.717, 1.165) is 41.9 Å². The highest BCUT2D eigenvalue weighted by atomic mass is 19.1. The minimum Gasteiger partial charge on any atom is -0.496 e. The molecule has 0 aliphatic carbocycles. The van der Waals surface area contributed by atoms with Gasteiger partial charge in [0.2, 0.25) is 0 Å². The van der Waals surface area contributed by atoms with Gasteiger partial charge in [0.25, 0.3) is 5.91 Å². The molecule has 10 nitrogen and oxygen atoms in total. The molecule has 4 aromatic rings. The molecule has 2 aromatic heterocycles. The Hall–Kier alpha value is -4.09. The lowest BCUT2D eigenvalue weighted by atomic mass is 10.1. The molecule has 3 N–H and O–H groups in total. The second-order valence-electron chi connectivity index (χ2n) is 9.42. The molecule has 0 saturated carbocycles. The van der Waals surface area contributed by atoms with Crippen LogP contribution in [0.1, 0.15) is 29.2 Å². The predicted octanol–water partition coefficient (Wildman–Crippen LogP) is 3.55. The van der Waals surface area contributed by atoms with Gasteiger partial charge in [0.05, 0.1) is 36.2 Å². The zero-order valence-electron chi connectivity index (χ0n) is 22.3. The number of hydrogen-bond acceptors (Lipinski definition) is 8. The number of imidazole rings is 1. The first-order valence-electron chi connectivity index (χ1n) is 12.9. The van der Waals surface area contributed by atoms with Crippen LogP contribution in [0, 0.1) is 5.82 Å². The zero-order chi connectivity index (χ0) is 27.5. The van der Waals surface area contributed by atoms with Crippen LogP contribution in [-0.2, 0) is 18.2 Å². The molecule has 1 aliphatic heterocycles. The van der Waals surface area contributed by atoms with E-state index in [1.807, 2.05) is 19.2 Å². The number of carbonyl (C=O) groups is 1. The summed E-state index contributed by atoms with van der Waals surface area (Å²) in [6, 6.07) is 9.91. The van der Waals surface area contributed by atoms with Crippen LogP contribution in [0.3, 0.4) is 0 Å². The van der Waals surface area contributed by atoms with Crippen LogP contribution in [0.4, 0.5) is 15.8 Å². The Bertz CT molecular complexity index is 1510. The number of nitrogens with one attached hydrogen (secondary N) is 1. The number of amides is 1. The molecule has 204 valence electrons. The van der Waals surface area contributed by atoms with E-state index in [1.54, 1.807) is 13.2 Å². The molecule has 3 heterocycles. The number of benzene rings is 2. The van der Waals surface area contributed by atoms with Gasteiger partial charge in [-0.2, -0.15) is 0 Å². The Morgan fingerprint density at radius 2 is 2.05 bits per heavy atom. The maximum absolute atomic E-state index is 14.7. The van der Waals surface area contributed by atoms with Gasteiger partial charge in [-0.15, -0.1) is 0 Å². The first kappa shape index (κ1) is 26.5. The molecule has 0 radical (unpaired) electrons. The van der Waals surface area contributed by atoms with Gasteiger partial charge in [-0.05, 0) is 43.2 Å². The van der Waals surface area contributed by atoms with Crippen molar-refractivity contribution < 1.29 is 18.7 Å². The van der Waals surface area contributed by atoms with Gasteiger partial charge in [0, 0.05) is 45.9 Å². The Balaban J connectivity index is 1.55. The van der Waals surface area contributed by atoms with Crippen molar-refractivity contribution in [2.45, 2.75) is 25.3 Å². The van der Waals surface area contributed by atoms with Crippen LogP contribution in [0.15, 0.2) is 42.6 Å². The third kappa shape index (κ3) is 5.02. The number of nitrogens with two attached hydrogens (primary N) is 1. The van der Waals surface area contributed by atoms with Crippen LogP contribution < -0.4 is 20.7 Å². The number of methoxy groups -OCH3 is 2. The van der Waals surface area contributed by atoms with Gasteiger partial charge < -0.3 is 30.0 Å². The van der Waals surface area contributed by atoms with E-state index in [0.29, 0.717) is 25.3 Å². The van der Waals surface area contributed by atoms with Crippen molar-refractivity contribution in [1.82, 2.24) is 19.5 Å². The highest BCUT2D eigenvalue weighted by Crippen LogP contribution is 2.39. The van der Waals surface area contributed by atoms with Crippen LogP contribution in [-0.4, -0.2) is 65.4 Å². The van der Waals surface area contributed by atoms with E-state index >= 15 is 0 Å². The molecule has 1 aliphatic rings. The number of aromatic nitrogens is 4. The molecule has 2 aromatic carbocycles. The van der Waals surface area contributed by atoms with Crippen LogP contribution in [0.2, 0.25) is 0 Å². The molecule has 1 saturated heterocycles. The van der Waals surface area contributed by atoms with E-state index in [-0.39, 0.29) is 28.9 Å². The third-order valence-electron chi connectivity index (χ3n) is 7.14. The summed E-state index contributed by atoms with van der Waals surface area (Å²) in [7, 11) is 5.09. The minimum atomic E-state index is -0.541. The number of carbonyl (C=O) groups excluding carboxylic acids is 1. The Morgan fingerprint density at radius 3 is 2.82 bits per heavy atom. The van der Waals surface area contributed by atoms with Crippen LogP contribution in [0.25, 0.3) is 22.4 Å². The molecule has 1 unspecified atom stereocenters. The van der Waals surface area contributed by atoms with Crippen molar-refractivity contribution in [3.05, 3.63) is 59.9 Å². The maximum atomic E-state index is 14.7. The smallest absolute Gasteiger partial charge is 0.274 e. The number of nitrogens with zero attached hydrogens (tertiary/aromatic N) is 5. The van der Waals surface area contributed by atoms with Crippen molar-refractivity contribution in [1.29, 1.82) is 0 Å². The van der Waals surface area contributed by atoms with Crippen LogP contribution >= 0.6 is 0 Å². The quantitative estimate of drug-likeness (QED) is 0.335. The van der Waals surface area contributed by atoms with E-state index in [1.165, 1.54) is 31.5 Å². The normalized spacial score (nSPS) is 15.2. The summed E-state index contributed by atoms with van der Waals surface area (Å²) in [4.78, 5) is 29.2. The van der Waals surface area contributed by atoms with Gasteiger partial charge in [0.15, 0.2) is 5.82 Å². The third-order valence-corrected chi connectivity index (χ3v) is 7.14. The lowest BCUT2D eigenvalue weighted by Gasteiger charge is -2.28. The molecule has 1 atom stereocenters. The van der Waals surface area contributed by atoms with Crippen molar-refractivity contribution in [2.75, 3.05) is 44.1 Å². The number of rotatable bonds is 9. The Labute approximate surface area is 226 Å². The van der Waals surface area contributed by atoms with Crippen molar-refractivity contribution in [3.63, 3.8) is 0 Å². The number of aryl methyl sites for hydroxylation is 1. The molecular weight excluding hydrogens is 501 g/mol. The molecule has 39 heavy (non-hydrogen) atoms. The summed E-state index contributed by atoms with van der Waals surface area (Å²) in [5.41, 5.74) is 9.49. The highest BCUT2D eigenvalue weighted by Gasteiger charge is 2.29. The maximum Gasteiger partial charge on any atom is 0.274 e. The first-order valence-corrected chi connectivity index (χ1v) is 12.9. The number of halogens is 1. The van der Waals surface area contributed by atoms with E-state index < -0.39 is 11.7 Å². The van der Waals surface area contributed by atoms with Gasteiger partial charge in [-0.25, -0.2) is 19.3 Å². The monoisotopic (exact) mass is 533 g/mol. The topological polar surface area (TPSA) is 120 Å². The fourth-order valence-corrected chi connectivity index (χ4v) is 5.16. The summed E-state index contributed by atoms with van der Waals surface area (Å²) in [6.07, 6.45) is 4.05. The summed E-state index contributed by atoms with van der Waals surface area (Å²) < 4.78 is 27.3. The van der Waals surface area contributed by atoms with E-state index in [9.17, 15) is 9.18 Å². The summed E-state index contributed by atoms with van der Waals surface area (Å²) in [6.45, 7) is 1.85. The summed E-state index contributed by atoms with van der Waals surface area (Å²) in [5, 5.41) is 3.02. The lowest BCUT2D eigenvalue weighted by molar-refractivity contribution is 0.102. The van der Waals surface area contributed by atoms with Crippen molar-refractivity contribution in [3.8, 4) is 17.1 Å². The SMILES string of the molecule is COCCc1nc2c(N3CCCC3CN)c(NC(=O)c3ccnc(-c4c(F)cccc4OC)n3)ccc2n1C. The Kier molecular flexibility index (Phi) is 7.71. The second kappa shape index (κ2) is 11.3. The predicted molar refractivity (Wildman–Crippen MR) is 148 cm³/mol. The molecule has 0 spiro atoms. The molecule has 1 fully saturated rings. The minimum absolute atomic E-state index is 0.0588. The number of anilines is 2. The fraction of sp³-hybridized carbons (Fsp3) is 0.357. The lowest BCUT2D eigenvalue weighted by Crippen LogP contribution is -2.36. The summed E-state index contributed by atoms with van der Waals surface area (Å²) >= 11 is 0. The second-order valence-corrected chi connectivity index (χ2v) is 9.42. The molecule has 1 amide bonds. The van der Waals surface area contributed by atoms with Gasteiger partial charge >= 0.3 is 0 Å². The molecular formula is C28H32FN7O3. The first-order chi connectivity index (χ1) is 19.0. The van der Waals surface area contributed by atoms with Crippen LogP contribution in [0.5, 0.6) is 5.75 Å². The van der Waals surface area contributed by atoms with Crippen molar-refractivity contribution in [2.24, 2.45) is 12.8 Å². The van der Waals surface area contributed by atoms with Crippen molar-refractivity contribution >= 4 is 28.3 Å². The van der Waals surface area contributed by atoms with Gasteiger partial charge in [0.1, 0.15) is 28.6 Å². The van der Waals surface area contributed by atoms with E-state index in [2.05, 4.69) is 24.8 Å². The van der Waals surface area contributed by atoms with Gasteiger partial charge in [-0.3, -0.25) is 4.79 Å². The average molecular weight is 534 g/mol. The standard InChI is InChI=1S/C28H32FN7O3/c1-35-21-10-9-19(26(36-14-5-6-17(36)16-30)25(21)34-23(35)12-15-38-2)33-28(37)20-11-13-31-27(32-20)24-18(29)7-4-8-22(24)39-3/h4,7-11,13,17H,5-6,12,14-16,30H2,1-3H3,(H,33,37). The number of hydrogen-bond donors (Lipinski definition) is 2. The number of ether oxygens (including phenoxy) is 2. The number of fused-ring (bicyclic) bond motifs is 1. The molecule has 0 bridgehead atoms. The largest absolute Gasteiger partial charge is 0.496 e. The Morgan fingerprint density at radius 1 is 1.21 bits per heavy atom. The molecule has 11 heteroatoms.